The lowest BCUT2D eigenvalue weighted by Crippen LogP contribution is -2.40. The predicted octanol–water partition coefficient (Wildman–Crippen LogP) is 5.79. The molecule has 198 valence electrons. The average molecular weight is 539 g/mol. The maximum atomic E-state index is 13.4. The standard InChI is InChI=1S/C29H30N8OS/c1-4-36-12-13-37(5-2)23-14-18(7-9-22(23)36)34-28-20-8-6-17(3)24(19(20)10-11-31-28)35-29(38)21-15-39-26-25(21)32-16-33-27(26)30/h6-11,14-16H,4-5,12-13H2,1-3H3,(H,31,34)(H,35,38)(H2,30,32,33). The Balaban J connectivity index is 1.35. The van der Waals surface area contributed by atoms with Gasteiger partial charge in [-0.1, -0.05) is 12.1 Å². The van der Waals surface area contributed by atoms with Crippen molar-refractivity contribution in [3.63, 3.8) is 0 Å². The molecule has 0 atom stereocenters. The summed E-state index contributed by atoms with van der Waals surface area (Å²) in [6.45, 7) is 10.4. The largest absolute Gasteiger partial charge is 0.382 e. The Morgan fingerprint density at radius 3 is 2.59 bits per heavy atom. The Labute approximate surface area is 230 Å². The van der Waals surface area contributed by atoms with Crippen molar-refractivity contribution in [1.29, 1.82) is 0 Å². The van der Waals surface area contributed by atoms with Crippen molar-refractivity contribution >= 4 is 72.6 Å². The quantitative estimate of drug-likeness (QED) is 0.249. The molecular weight excluding hydrogens is 508 g/mol. The first-order chi connectivity index (χ1) is 19.0. The number of nitrogens with zero attached hydrogens (tertiary/aromatic N) is 5. The summed E-state index contributed by atoms with van der Waals surface area (Å²) in [6.07, 6.45) is 3.15. The predicted molar refractivity (Wildman–Crippen MR) is 162 cm³/mol. The van der Waals surface area contributed by atoms with Gasteiger partial charge >= 0.3 is 0 Å². The number of aryl methyl sites for hydroxylation is 1. The molecule has 0 saturated heterocycles. The Kier molecular flexibility index (Phi) is 6.40. The van der Waals surface area contributed by atoms with Gasteiger partial charge in [0.1, 0.15) is 18.0 Å². The number of hydrogen-bond acceptors (Lipinski definition) is 9. The highest BCUT2D eigenvalue weighted by Crippen LogP contribution is 2.38. The lowest BCUT2D eigenvalue weighted by Gasteiger charge is -2.38. The van der Waals surface area contributed by atoms with Crippen LogP contribution in [0.5, 0.6) is 0 Å². The van der Waals surface area contributed by atoms with Crippen LogP contribution in [0.15, 0.2) is 54.3 Å². The highest BCUT2D eigenvalue weighted by atomic mass is 32.1. The average Bonchev–Trinajstić information content (AvgIpc) is 3.40. The number of thiophene rings is 1. The van der Waals surface area contributed by atoms with E-state index < -0.39 is 0 Å². The summed E-state index contributed by atoms with van der Waals surface area (Å²) in [6, 6.07) is 12.5. The zero-order valence-electron chi connectivity index (χ0n) is 22.2. The SMILES string of the molecule is CCN1CCN(CC)c2cc(Nc3nccc4c(NC(=O)c5csc6c(N)ncnc56)c(C)ccc34)ccc21. The van der Waals surface area contributed by atoms with Gasteiger partial charge in [-0.3, -0.25) is 4.79 Å². The second-order valence-electron chi connectivity index (χ2n) is 9.54. The minimum absolute atomic E-state index is 0.240. The van der Waals surface area contributed by atoms with E-state index in [1.54, 1.807) is 11.6 Å². The zero-order chi connectivity index (χ0) is 27.1. The highest BCUT2D eigenvalue weighted by Gasteiger charge is 2.22. The number of nitrogens with one attached hydrogen (secondary N) is 2. The number of carbonyl (C=O) groups is 1. The lowest BCUT2D eigenvalue weighted by molar-refractivity contribution is 0.102. The number of rotatable bonds is 6. The number of fused-ring (bicyclic) bond motifs is 3. The van der Waals surface area contributed by atoms with Crippen molar-refractivity contribution in [1.82, 2.24) is 15.0 Å². The van der Waals surface area contributed by atoms with E-state index in [0.29, 0.717) is 21.6 Å². The number of nitrogens with two attached hydrogens (primary N) is 1. The molecule has 2 aromatic carbocycles. The molecule has 4 heterocycles. The van der Waals surface area contributed by atoms with Crippen LogP contribution in [0.1, 0.15) is 29.8 Å². The van der Waals surface area contributed by atoms with Crippen LogP contribution >= 0.6 is 11.3 Å². The van der Waals surface area contributed by atoms with Gasteiger partial charge in [-0.05, 0) is 50.6 Å². The summed E-state index contributed by atoms with van der Waals surface area (Å²) in [5.74, 6) is 0.866. The van der Waals surface area contributed by atoms with E-state index in [0.717, 1.165) is 59.7 Å². The molecule has 1 aliphatic heterocycles. The number of anilines is 6. The molecule has 4 N–H and O–H groups in total. The minimum Gasteiger partial charge on any atom is -0.382 e. The maximum absolute atomic E-state index is 13.4. The van der Waals surface area contributed by atoms with Crippen molar-refractivity contribution in [3.8, 4) is 0 Å². The molecule has 0 spiro atoms. The van der Waals surface area contributed by atoms with Gasteiger partial charge in [0.25, 0.3) is 5.91 Å². The smallest absolute Gasteiger partial charge is 0.258 e. The van der Waals surface area contributed by atoms with Gasteiger partial charge in [0.15, 0.2) is 0 Å². The van der Waals surface area contributed by atoms with Crippen LogP contribution < -0.4 is 26.2 Å². The summed E-state index contributed by atoms with van der Waals surface area (Å²) in [7, 11) is 0. The number of pyridine rings is 1. The molecular formula is C29H30N8OS. The van der Waals surface area contributed by atoms with Crippen LogP contribution in [0, 0.1) is 6.92 Å². The van der Waals surface area contributed by atoms with Gasteiger partial charge in [-0.15, -0.1) is 11.3 Å². The molecule has 1 aliphatic rings. The van der Waals surface area contributed by atoms with E-state index in [-0.39, 0.29) is 5.91 Å². The summed E-state index contributed by atoms with van der Waals surface area (Å²) < 4.78 is 0.710. The fraction of sp³-hybridized carbons (Fsp3) is 0.241. The summed E-state index contributed by atoms with van der Waals surface area (Å²) in [4.78, 5) is 31.2. The molecule has 39 heavy (non-hydrogen) atoms. The fourth-order valence-electron chi connectivity index (χ4n) is 5.24. The van der Waals surface area contributed by atoms with Crippen molar-refractivity contribution in [2.45, 2.75) is 20.8 Å². The Bertz CT molecular complexity index is 1720. The van der Waals surface area contributed by atoms with Crippen LogP contribution in [0.25, 0.3) is 21.0 Å². The number of benzene rings is 2. The van der Waals surface area contributed by atoms with Gasteiger partial charge in [-0.2, -0.15) is 0 Å². The van der Waals surface area contributed by atoms with E-state index in [1.807, 2.05) is 25.1 Å². The third kappa shape index (κ3) is 4.36. The number of carbonyl (C=O) groups excluding carboxylic acids is 1. The van der Waals surface area contributed by atoms with Crippen molar-refractivity contribution in [3.05, 3.63) is 65.4 Å². The van der Waals surface area contributed by atoms with Gasteiger partial charge < -0.3 is 26.2 Å². The number of aromatic nitrogens is 3. The first-order valence-corrected chi connectivity index (χ1v) is 13.9. The van der Waals surface area contributed by atoms with Crippen LogP contribution in [-0.2, 0) is 0 Å². The Hall–Kier alpha value is -4.44. The van der Waals surface area contributed by atoms with E-state index in [9.17, 15) is 4.79 Å². The minimum atomic E-state index is -0.240. The van der Waals surface area contributed by atoms with Gasteiger partial charge in [0.2, 0.25) is 0 Å². The molecule has 1 amide bonds. The van der Waals surface area contributed by atoms with E-state index in [2.05, 4.69) is 67.4 Å². The molecule has 5 aromatic rings. The number of likely N-dealkylation sites (N-methyl/N-ethyl adjacent to an activating group) is 2. The topological polar surface area (TPSA) is 112 Å². The van der Waals surface area contributed by atoms with Crippen LogP contribution in [0.4, 0.5) is 34.4 Å². The monoisotopic (exact) mass is 538 g/mol. The number of amides is 1. The molecule has 0 aliphatic carbocycles. The van der Waals surface area contributed by atoms with Crippen LogP contribution in [0.3, 0.4) is 0 Å². The Morgan fingerprint density at radius 1 is 1.00 bits per heavy atom. The third-order valence-electron chi connectivity index (χ3n) is 7.34. The molecule has 9 nitrogen and oxygen atoms in total. The molecule has 0 fully saturated rings. The van der Waals surface area contributed by atoms with E-state index >= 15 is 0 Å². The van der Waals surface area contributed by atoms with Crippen molar-refractivity contribution in [2.75, 3.05) is 52.3 Å². The molecule has 0 bridgehead atoms. The molecule has 0 saturated carbocycles. The zero-order valence-corrected chi connectivity index (χ0v) is 23.0. The molecule has 6 rings (SSSR count). The number of hydrogen-bond donors (Lipinski definition) is 3. The first-order valence-electron chi connectivity index (χ1n) is 13.1. The lowest BCUT2D eigenvalue weighted by atomic mass is 10.0. The van der Waals surface area contributed by atoms with Crippen LogP contribution in [0.2, 0.25) is 0 Å². The molecule has 10 heteroatoms. The normalized spacial score (nSPS) is 13.1. The molecule has 0 unspecified atom stereocenters. The van der Waals surface area contributed by atoms with Crippen molar-refractivity contribution in [2.24, 2.45) is 0 Å². The van der Waals surface area contributed by atoms with Gasteiger partial charge in [-0.25, -0.2) is 15.0 Å². The summed E-state index contributed by atoms with van der Waals surface area (Å²) in [5, 5.41) is 10.2. The summed E-state index contributed by atoms with van der Waals surface area (Å²) in [5.41, 5.74) is 12.2. The van der Waals surface area contributed by atoms with E-state index in [1.165, 1.54) is 29.0 Å². The maximum Gasteiger partial charge on any atom is 0.258 e. The van der Waals surface area contributed by atoms with Gasteiger partial charge in [0, 0.05) is 54.2 Å². The van der Waals surface area contributed by atoms with Crippen LogP contribution in [-0.4, -0.2) is 47.0 Å². The Morgan fingerprint density at radius 2 is 1.79 bits per heavy atom. The number of nitrogen functional groups attached to an aromatic ring is 1. The summed E-state index contributed by atoms with van der Waals surface area (Å²) >= 11 is 1.37. The highest BCUT2D eigenvalue weighted by molar-refractivity contribution is 7.18. The first kappa shape index (κ1) is 24.9. The third-order valence-corrected chi connectivity index (χ3v) is 8.33. The fourth-order valence-corrected chi connectivity index (χ4v) is 6.14. The second kappa shape index (κ2) is 10.0. The van der Waals surface area contributed by atoms with Gasteiger partial charge in [0.05, 0.1) is 32.8 Å². The second-order valence-corrected chi connectivity index (χ2v) is 10.4. The van der Waals surface area contributed by atoms with E-state index in [4.69, 9.17) is 5.73 Å². The van der Waals surface area contributed by atoms with Crippen molar-refractivity contribution < 1.29 is 4.79 Å². The molecule has 3 aromatic heterocycles. The molecule has 0 radical (unpaired) electrons.